The molecule has 82 valence electrons. The van der Waals surface area contributed by atoms with Crippen LogP contribution in [0.4, 0.5) is 8.78 Å². The average molecular weight is 237 g/mol. The Balaban J connectivity index is 3.38. The van der Waals surface area contributed by atoms with Crippen molar-refractivity contribution in [3.05, 3.63) is 28.0 Å². The van der Waals surface area contributed by atoms with E-state index in [1.54, 1.807) is 0 Å². The summed E-state index contributed by atoms with van der Waals surface area (Å²) in [7, 11) is 0. The van der Waals surface area contributed by atoms with E-state index in [1.165, 1.54) is 0 Å². The molecule has 0 fully saturated rings. The number of nitrogens with two attached hydrogens (primary N) is 1. The Bertz CT molecular complexity index is 398. The predicted molar refractivity (Wildman–Crippen MR) is 49.1 cm³/mol. The van der Waals surface area contributed by atoms with Gasteiger partial charge in [0.15, 0.2) is 0 Å². The largest absolute Gasteiger partial charge is 0.477 e. The van der Waals surface area contributed by atoms with Crippen molar-refractivity contribution < 1.29 is 18.7 Å². The molecule has 1 aromatic heterocycles. The number of aromatic carboxylic acids is 1. The number of carboxylic acids is 1. The van der Waals surface area contributed by atoms with Crippen molar-refractivity contribution in [1.29, 1.82) is 0 Å². The van der Waals surface area contributed by atoms with E-state index >= 15 is 0 Å². The molecule has 0 spiro atoms. The van der Waals surface area contributed by atoms with Crippen LogP contribution in [0.25, 0.3) is 0 Å². The van der Waals surface area contributed by atoms with Gasteiger partial charge in [0.05, 0.1) is 0 Å². The number of hydrogen-bond acceptors (Lipinski definition) is 3. The third-order valence-electron chi connectivity index (χ3n) is 1.73. The van der Waals surface area contributed by atoms with Gasteiger partial charge in [0.2, 0.25) is 0 Å². The number of aromatic nitrogens is 1. The molecular formula is C8H7ClF2N2O2. The highest BCUT2D eigenvalue weighted by molar-refractivity contribution is 6.31. The normalized spacial score (nSPS) is 10.7. The summed E-state index contributed by atoms with van der Waals surface area (Å²) in [5.41, 5.74) is 3.98. The summed E-state index contributed by atoms with van der Waals surface area (Å²) in [4.78, 5) is 13.8. The number of carbonyl (C=O) groups is 1. The molecular weight excluding hydrogens is 230 g/mol. The molecule has 7 heteroatoms. The highest BCUT2D eigenvalue weighted by atomic mass is 35.5. The van der Waals surface area contributed by atoms with E-state index in [2.05, 4.69) is 4.98 Å². The van der Waals surface area contributed by atoms with Gasteiger partial charge in [0.1, 0.15) is 11.4 Å². The lowest BCUT2D eigenvalue weighted by molar-refractivity contribution is 0.0688. The lowest BCUT2D eigenvalue weighted by Crippen LogP contribution is -2.10. The summed E-state index contributed by atoms with van der Waals surface area (Å²) in [6.07, 6.45) is -2.90. The van der Waals surface area contributed by atoms with Crippen LogP contribution in [-0.4, -0.2) is 16.1 Å². The Morgan fingerprint density at radius 2 is 2.27 bits per heavy atom. The summed E-state index contributed by atoms with van der Waals surface area (Å²) < 4.78 is 24.9. The Morgan fingerprint density at radius 3 is 2.67 bits per heavy atom. The number of nitrogens with zero attached hydrogens (tertiary/aromatic N) is 1. The van der Waals surface area contributed by atoms with Gasteiger partial charge in [-0.05, 0) is 6.07 Å². The fourth-order valence-corrected chi connectivity index (χ4v) is 1.33. The van der Waals surface area contributed by atoms with Crippen LogP contribution in [0.3, 0.4) is 0 Å². The minimum atomic E-state index is -2.90. The molecule has 3 N–H and O–H groups in total. The van der Waals surface area contributed by atoms with Gasteiger partial charge in [0, 0.05) is 17.1 Å². The van der Waals surface area contributed by atoms with Gasteiger partial charge < -0.3 is 10.8 Å². The van der Waals surface area contributed by atoms with Gasteiger partial charge in [-0.3, -0.25) is 0 Å². The fourth-order valence-electron chi connectivity index (χ4n) is 1.05. The number of alkyl halides is 2. The molecule has 0 saturated carbocycles. The van der Waals surface area contributed by atoms with Gasteiger partial charge in [-0.1, -0.05) is 11.6 Å². The SMILES string of the molecule is NCc1c(Cl)cc(C(=O)O)nc1C(F)F. The van der Waals surface area contributed by atoms with Crippen molar-refractivity contribution in [3.8, 4) is 0 Å². The molecule has 0 aromatic carbocycles. The van der Waals surface area contributed by atoms with Gasteiger partial charge in [0.25, 0.3) is 6.43 Å². The molecule has 0 radical (unpaired) electrons. The zero-order valence-corrected chi connectivity index (χ0v) is 8.13. The third kappa shape index (κ3) is 2.40. The molecule has 0 aliphatic heterocycles. The van der Waals surface area contributed by atoms with Crippen molar-refractivity contribution in [2.24, 2.45) is 5.73 Å². The first-order valence-electron chi connectivity index (χ1n) is 3.88. The summed E-state index contributed by atoms with van der Waals surface area (Å²) in [5, 5.41) is 8.47. The monoisotopic (exact) mass is 236 g/mol. The minimum absolute atomic E-state index is 0.0309. The maximum Gasteiger partial charge on any atom is 0.354 e. The maximum atomic E-state index is 12.5. The lowest BCUT2D eigenvalue weighted by Gasteiger charge is -2.08. The fraction of sp³-hybridized carbons (Fsp3) is 0.250. The Labute approximate surface area is 88.7 Å². The number of halogens is 3. The smallest absolute Gasteiger partial charge is 0.354 e. The van der Waals surface area contributed by atoms with E-state index in [9.17, 15) is 13.6 Å². The molecule has 0 aliphatic carbocycles. The maximum absolute atomic E-state index is 12.5. The lowest BCUT2D eigenvalue weighted by atomic mass is 10.1. The minimum Gasteiger partial charge on any atom is -0.477 e. The van der Waals surface area contributed by atoms with Crippen LogP contribution in [0.2, 0.25) is 5.02 Å². The van der Waals surface area contributed by atoms with Crippen LogP contribution < -0.4 is 5.73 Å². The Morgan fingerprint density at radius 1 is 1.67 bits per heavy atom. The first-order valence-corrected chi connectivity index (χ1v) is 4.26. The average Bonchev–Trinajstić information content (AvgIpc) is 2.16. The quantitative estimate of drug-likeness (QED) is 0.839. The van der Waals surface area contributed by atoms with Gasteiger partial charge in [-0.15, -0.1) is 0 Å². The zero-order valence-electron chi connectivity index (χ0n) is 7.38. The molecule has 4 nitrogen and oxygen atoms in total. The van der Waals surface area contributed by atoms with Crippen LogP contribution >= 0.6 is 11.6 Å². The number of hydrogen-bond donors (Lipinski definition) is 2. The number of pyridine rings is 1. The van der Waals surface area contributed by atoms with E-state index in [0.29, 0.717) is 0 Å². The molecule has 15 heavy (non-hydrogen) atoms. The van der Waals surface area contributed by atoms with Crippen LogP contribution in [-0.2, 0) is 6.54 Å². The van der Waals surface area contributed by atoms with Crippen molar-refractivity contribution in [2.75, 3.05) is 0 Å². The van der Waals surface area contributed by atoms with E-state index in [1.807, 2.05) is 0 Å². The van der Waals surface area contributed by atoms with Crippen LogP contribution in [0, 0.1) is 0 Å². The van der Waals surface area contributed by atoms with Crippen molar-refractivity contribution >= 4 is 17.6 Å². The van der Waals surface area contributed by atoms with Crippen LogP contribution in [0.1, 0.15) is 28.2 Å². The second-order valence-electron chi connectivity index (χ2n) is 2.66. The molecule has 1 aromatic rings. The third-order valence-corrected chi connectivity index (χ3v) is 2.07. The summed E-state index contributed by atoms with van der Waals surface area (Å²) >= 11 is 5.61. The van der Waals surface area contributed by atoms with Crippen molar-refractivity contribution in [2.45, 2.75) is 13.0 Å². The van der Waals surface area contributed by atoms with Gasteiger partial charge >= 0.3 is 5.97 Å². The zero-order chi connectivity index (χ0) is 11.6. The second-order valence-corrected chi connectivity index (χ2v) is 3.07. The molecule has 0 bridgehead atoms. The first kappa shape index (κ1) is 11.8. The van der Waals surface area contributed by atoms with Crippen molar-refractivity contribution in [1.82, 2.24) is 4.98 Å². The summed E-state index contributed by atoms with van der Waals surface area (Å²) in [6, 6.07) is 0.998. The highest BCUT2D eigenvalue weighted by Gasteiger charge is 2.20. The topological polar surface area (TPSA) is 76.2 Å². The second kappa shape index (κ2) is 4.50. The molecule has 0 amide bonds. The molecule has 0 unspecified atom stereocenters. The summed E-state index contributed by atoms with van der Waals surface area (Å²) in [5.74, 6) is -1.41. The van der Waals surface area contributed by atoms with Crippen LogP contribution in [0.5, 0.6) is 0 Å². The molecule has 0 saturated heterocycles. The van der Waals surface area contributed by atoms with E-state index < -0.39 is 23.8 Å². The van der Waals surface area contributed by atoms with E-state index in [0.717, 1.165) is 6.07 Å². The predicted octanol–water partition coefficient (Wildman–Crippen LogP) is 1.83. The Kier molecular flexibility index (Phi) is 3.54. The summed E-state index contributed by atoms with van der Waals surface area (Å²) in [6.45, 7) is -0.217. The van der Waals surface area contributed by atoms with Crippen LogP contribution in [0.15, 0.2) is 6.07 Å². The molecule has 1 heterocycles. The van der Waals surface area contributed by atoms with Gasteiger partial charge in [-0.25, -0.2) is 18.6 Å². The molecule has 1 rings (SSSR count). The molecule has 0 aliphatic rings. The van der Waals surface area contributed by atoms with Crippen molar-refractivity contribution in [3.63, 3.8) is 0 Å². The van der Waals surface area contributed by atoms with E-state index in [4.69, 9.17) is 22.4 Å². The molecule has 0 atom stereocenters. The number of carboxylic acid groups (broad SMARTS) is 1. The van der Waals surface area contributed by atoms with Gasteiger partial charge in [-0.2, -0.15) is 0 Å². The Hall–Kier alpha value is -1.27. The highest BCUT2D eigenvalue weighted by Crippen LogP contribution is 2.27. The van der Waals surface area contributed by atoms with E-state index in [-0.39, 0.29) is 17.1 Å². The standard InChI is InChI=1S/C8H7ClF2N2O2/c9-4-1-5(8(14)15)13-6(7(10)11)3(4)2-12/h1,7H,2,12H2,(H,14,15). The first-order chi connectivity index (χ1) is 6.97. The number of rotatable bonds is 3.